The maximum absolute atomic E-state index is 12.6. The van der Waals surface area contributed by atoms with Gasteiger partial charge in [-0.15, -0.1) is 0 Å². The summed E-state index contributed by atoms with van der Waals surface area (Å²) in [7, 11) is 0. The summed E-state index contributed by atoms with van der Waals surface area (Å²) < 4.78 is 0. The molecule has 1 heterocycles. The van der Waals surface area contributed by atoms with Crippen LogP contribution in [0.4, 0.5) is 0 Å². The highest BCUT2D eigenvalue weighted by Crippen LogP contribution is 2.48. The number of carbonyl (C=O) groups excluding carboxylic acids is 1. The standard InChI is InChI=1S/C17H24N2O2/c1-11(2)17(21,12-6-4-3-5-7-12)16(20)19-10-15-13-8-18-9-14(13)15/h3-7,11,13-15,18,21H,8-10H2,1-2H3,(H,19,20). The Balaban J connectivity index is 1.67. The maximum atomic E-state index is 12.6. The Morgan fingerprint density at radius 1 is 1.33 bits per heavy atom. The van der Waals surface area contributed by atoms with E-state index in [0.717, 1.165) is 13.1 Å². The predicted molar refractivity (Wildman–Crippen MR) is 81.5 cm³/mol. The van der Waals surface area contributed by atoms with Gasteiger partial charge in [-0.05, 0) is 42.3 Å². The summed E-state index contributed by atoms with van der Waals surface area (Å²) in [6.07, 6.45) is 0. The molecule has 4 nitrogen and oxygen atoms in total. The van der Waals surface area contributed by atoms with Gasteiger partial charge in [0.15, 0.2) is 5.60 Å². The van der Waals surface area contributed by atoms with Gasteiger partial charge in [-0.25, -0.2) is 0 Å². The fraction of sp³-hybridized carbons (Fsp3) is 0.588. The Morgan fingerprint density at radius 2 is 1.95 bits per heavy atom. The number of aliphatic hydroxyl groups is 1. The third-order valence-electron chi connectivity index (χ3n) is 5.16. The summed E-state index contributed by atoms with van der Waals surface area (Å²) in [5, 5.41) is 17.3. The van der Waals surface area contributed by atoms with Gasteiger partial charge >= 0.3 is 0 Å². The molecule has 3 N–H and O–H groups in total. The second kappa shape index (κ2) is 5.43. The summed E-state index contributed by atoms with van der Waals surface area (Å²) in [6.45, 7) is 6.57. The lowest BCUT2D eigenvalue weighted by atomic mass is 9.82. The van der Waals surface area contributed by atoms with Crippen molar-refractivity contribution in [1.29, 1.82) is 0 Å². The van der Waals surface area contributed by atoms with Crippen LogP contribution in [-0.2, 0) is 10.4 Å². The number of benzene rings is 1. The normalized spacial score (nSPS) is 29.8. The summed E-state index contributed by atoms with van der Waals surface area (Å²) in [6, 6.07) is 9.23. The van der Waals surface area contributed by atoms with Gasteiger partial charge in [-0.3, -0.25) is 4.79 Å². The Kier molecular flexibility index (Phi) is 3.76. The van der Waals surface area contributed by atoms with Crippen LogP contribution in [0, 0.1) is 23.7 Å². The minimum Gasteiger partial charge on any atom is -0.375 e. The molecule has 0 bridgehead atoms. The van der Waals surface area contributed by atoms with E-state index in [-0.39, 0.29) is 11.8 Å². The molecule has 21 heavy (non-hydrogen) atoms. The number of rotatable bonds is 5. The molecule has 0 radical (unpaired) electrons. The van der Waals surface area contributed by atoms with Crippen LogP contribution in [0.15, 0.2) is 30.3 Å². The first-order valence-electron chi connectivity index (χ1n) is 7.82. The zero-order valence-corrected chi connectivity index (χ0v) is 12.7. The minimum atomic E-state index is -1.45. The summed E-state index contributed by atoms with van der Waals surface area (Å²) in [4.78, 5) is 12.6. The van der Waals surface area contributed by atoms with Gasteiger partial charge in [-0.2, -0.15) is 0 Å². The van der Waals surface area contributed by atoms with Gasteiger partial charge in [0.05, 0.1) is 0 Å². The number of piperidine rings is 1. The third kappa shape index (κ3) is 2.47. The van der Waals surface area contributed by atoms with Crippen LogP contribution in [0.25, 0.3) is 0 Å². The molecule has 4 heteroatoms. The molecule has 1 aromatic carbocycles. The quantitative estimate of drug-likeness (QED) is 0.761. The largest absolute Gasteiger partial charge is 0.375 e. The zero-order valence-electron chi connectivity index (χ0n) is 12.7. The lowest BCUT2D eigenvalue weighted by Gasteiger charge is -2.31. The summed E-state index contributed by atoms with van der Waals surface area (Å²) >= 11 is 0. The fourth-order valence-electron chi connectivity index (χ4n) is 3.61. The van der Waals surface area contributed by atoms with Gasteiger partial charge < -0.3 is 15.7 Å². The first-order valence-corrected chi connectivity index (χ1v) is 7.82. The number of hydrogen-bond acceptors (Lipinski definition) is 3. The van der Waals surface area contributed by atoms with Crippen molar-refractivity contribution in [2.75, 3.05) is 19.6 Å². The summed E-state index contributed by atoms with van der Waals surface area (Å²) in [5.74, 6) is 1.56. The Morgan fingerprint density at radius 3 is 2.52 bits per heavy atom. The van der Waals surface area contributed by atoms with Crippen LogP contribution in [0.2, 0.25) is 0 Å². The molecular weight excluding hydrogens is 264 g/mol. The molecule has 3 rings (SSSR count). The van der Waals surface area contributed by atoms with Crippen molar-refractivity contribution in [3.05, 3.63) is 35.9 Å². The molecule has 2 aliphatic rings. The van der Waals surface area contributed by atoms with Crippen LogP contribution < -0.4 is 10.6 Å². The van der Waals surface area contributed by atoms with Crippen molar-refractivity contribution in [2.45, 2.75) is 19.4 Å². The lowest BCUT2D eigenvalue weighted by molar-refractivity contribution is -0.146. The fourth-order valence-corrected chi connectivity index (χ4v) is 3.61. The predicted octanol–water partition coefficient (Wildman–Crippen LogP) is 1.11. The van der Waals surface area contributed by atoms with Crippen molar-refractivity contribution in [3.63, 3.8) is 0 Å². The van der Waals surface area contributed by atoms with Crippen LogP contribution in [0.3, 0.4) is 0 Å². The minimum absolute atomic E-state index is 0.180. The molecule has 114 valence electrons. The molecule has 0 aromatic heterocycles. The maximum Gasteiger partial charge on any atom is 0.256 e. The molecule has 1 saturated heterocycles. The Labute approximate surface area is 125 Å². The average molecular weight is 288 g/mol. The third-order valence-corrected chi connectivity index (χ3v) is 5.16. The van der Waals surface area contributed by atoms with Gasteiger partial charge in [0.2, 0.25) is 0 Å². The first kappa shape index (κ1) is 14.5. The van der Waals surface area contributed by atoms with E-state index in [0.29, 0.717) is 29.9 Å². The van der Waals surface area contributed by atoms with E-state index in [9.17, 15) is 9.90 Å². The van der Waals surface area contributed by atoms with Crippen LogP contribution >= 0.6 is 0 Å². The van der Waals surface area contributed by atoms with E-state index < -0.39 is 5.60 Å². The smallest absolute Gasteiger partial charge is 0.256 e. The van der Waals surface area contributed by atoms with Crippen LogP contribution in [0.5, 0.6) is 0 Å². The molecule has 1 aliphatic heterocycles. The van der Waals surface area contributed by atoms with E-state index in [4.69, 9.17) is 0 Å². The lowest BCUT2D eigenvalue weighted by Crippen LogP contribution is -2.48. The van der Waals surface area contributed by atoms with Gasteiger partial charge in [0.25, 0.3) is 5.91 Å². The molecule has 2 fully saturated rings. The molecule has 1 aromatic rings. The van der Waals surface area contributed by atoms with Gasteiger partial charge in [0, 0.05) is 6.54 Å². The highest BCUT2D eigenvalue weighted by atomic mass is 16.3. The molecular formula is C17H24N2O2. The zero-order chi connectivity index (χ0) is 15.0. The first-order chi connectivity index (χ1) is 10.0. The van der Waals surface area contributed by atoms with Gasteiger partial charge in [-0.1, -0.05) is 44.2 Å². The van der Waals surface area contributed by atoms with Crippen molar-refractivity contribution in [2.24, 2.45) is 23.7 Å². The summed E-state index contributed by atoms with van der Waals surface area (Å²) in [5.41, 5.74) is -0.793. The van der Waals surface area contributed by atoms with Crippen LogP contribution in [0.1, 0.15) is 19.4 Å². The molecule has 0 spiro atoms. The van der Waals surface area contributed by atoms with Crippen molar-refractivity contribution < 1.29 is 9.90 Å². The number of fused-ring (bicyclic) bond motifs is 1. The molecule has 1 aliphatic carbocycles. The number of amides is 1. The van der Waals surface area contributed by atoms with Gasteiger partial charge in [0.1, 0.15) is 0 Å². The number of hydrogen-bond donors (Lipinski definition) is 3. The molecule has 3 unspecified atom stereocenters. The highest BCUT2D eigenvalue weighted by Gasteiger charge is 2.53. The second-order valence-electron chi connectivity index (χ2n) is 6.65. The monoisotopic (exact) mass is 288 g/mol. The Bertz CT molecular complexity index is 507. The Hall–Kier alpha value is -1.39. The van der Waals surface area contributed by atoms with E-state index in [1.54, 1.807) is 0 Å². The van der Waals surface area contributed by atoms with Crippen molar-refractivity contribution in [1.82, 2.24) is 10.6 Å². The average Bonchev–Trinajstić information content (AvgIpc) is 2.93. The number of carbonyl (C=O) groups is 1. The van der Waals surface area contributed by atoms with E-state index in [1.165, 1.54) is 0 Å². The topological polar surface area (TPSA) is 61.4 Å². The second-order valence-corrected chi connectivity index (χ2v) is 6.65. The molecule has 1 saturated carbocycles. The highest BCUT2D eigenvalue weighted by molar-refractivity contribution is 5.86. The number of nitrogens with one attached hydrogen (secondary N) is 2. The molecule has 3 atom stereocenters. The van der Waals surface area contributed by atoms with E-state index in [1.807, 2.05) is 44.2 Å². The SMILES string of the molecule is CC(C)C(O)(C(=O)NCC1C2CNCC21)c1ccccc1. The van der Waals surface area contributed by atoms with Crippen molar-refractivity contribution >= 4 is 5.91 Å². The van der Waals surface area contributed by atoms with Crippen LogP contribution in [-0.4, -0.2) is 30.6 Å². The van der Waals surface area contributed by atoms with E-state index >= 15 is 0 Å². The van der Waals surface area contributed by atoms with E-state index in [2.05, 4.69) is 10.6 Å². The van der Waals surface area contributed by atoms with Crippen molar-refractivity contribution in [3.8, 4) is 0 Å². The molecule has 1 amide bonds.